The van der Waals surface area contributed by atoms with Gasteiger partial charge in [0.2, 0.25) is 8.32 Å². The summed E-state index contributed by atoms with van der Waals surface area (Å²) >= 11 is 0. The van der Waals surface area contributed by atoms with Crippen molar-refractivity contribution in [1.29, 1.82) is 0 Å². The van der Waals surface area contributed by atoms with Crippen LogP contribution in [-0.2, 0) is 9.16 Å². The van der Waals surface area contributed by atoms with E-state index in [0.717, 1.165) is 0 Å². The van der Waals surface area contributed by atoms with E-state index in [4.69, 9.17) is 4.43 Å². The molecule has 0 heterocycles. The van der Waals surface area contributed by atoms with Gasteiger partial charge in [0.1, 0.15) is 0 Å². The van der Waals surface area contributed by atoms with Gasteiger partial charge in [0.25, 0.3) is 0 Å². The normalized spacial score (nSPS) is 11.4. The predicted octanol–water partition coefficient (Wildman–Crippen LogP) is 2.57. The maximum Gasteiger partial charge on any atom is 0.452 e. The number of hydrogen-bond acceptors (Lipinski definition) is 4. The Kier molecular flexibility index (Phi) is 4.99. The van der Waals surface area contributed by atoms with Crippen molar-refractivity contribution in [1.82, 2.24) is 0 Å². The van der Waals surface area contributed by atoms with Crippen LogP contribution >= 0.6 is 0 Å². The Bertz CT molecular complexity index is 247. The monoisotopic (exact) mass is 218 g/mol. The third-order valence-corrected chi connectivity index (χ3v) is 1.66. The van der Waals surface area contributed by atoms with E-state index >= 15 is 0 Å². The van der Waals surface area contributed by atoms with Crippen LogP contribution in [0.3, 0.4) is 0 Å². The van der Waals surface area contributed by atoms with Crippen molar-refractivity contribution in [3.8, 4) is 0 Å². The quantitative estimate of drug-likeness (QED) is 0.527. The van der Waals surface area contributed by atoms with Gasteiger partial charge in [-0.1, -0.05) is 10.2 Å². The lowest BCUT2D eigenvalue weighted by molar-refractivity contribution is 0.160. The Morgan fingerprint density at radius 1 is 1.14 bits per heavy atom. The molecular weight excluding hydrogens is 204 g/mol. The molecule has 0 aliphatic heterocycles. The van der Waals surface area contributed by atoms with Crippen molar-refractivity contribution >= 4 is 20.5 Å². The first-order valence-electron chi connectivity index (χ1n) is 4.16. The molecule has 0 atom stereocenters. The Balaban J connectivity index is 4.00. The van der Waals surface area contributed by atoms with Gasteiger partial charge >= 0.3 is 12.2 Å². The highest BCUT2D eigenvalue weighted by atomic mass is 28.4. The zero-order valence-corrected chi connectivity index (χ0v) is 9.73. The number of hydrogen-bond donors (Lipinski definition) is 0. The van der Waals surface area contributed by atoms with Gasteiger partial charge in [-0.3, -0.25) is 0 Å². The van der Waals surface area contributed by atoms with E-state index in [2.05, 4.69) is 15.0 Å². The molecule has 80 valence electrons. The summed E-state index contributed by atoms with van der Waals surface area (Å²) in [7, 11) is -1.97. The molecule has 0 unspecified atom stereocenters. The fourth-order valence-electron chi connectivity index (χ4n) is 0.516. The SMILES string of the molecule is CCOC(=O)N=NC(=O)O[Si](C)(C)C. The molecule has 0 radical (unpaired) electrons. The summed E-state index contributed by atoms with van der Waals surface area (Å²) in [5.41, 5.74) is 0. The van der Waals surface area contributed by atoms with Crippen LogP contribution in [0.4, 0.5) is 9.59 Å². The van der Waals surface area contributed by atoms with E-state index in [9.17, 15) is 9.59 Å². The first kappa shape index (κ1) is 12.8. The highest BCUT2D eigenvalue weighted by Crippen LogP contribution is 2.04. The van der Waals surface area contributed by atoms with Crippen LogP contribution in [0, 0.1) is 0 Å². The molecule has 0 aromatic heterocycles. The number of nitrogens with zero attached hydrogens (tertiary/aromatic N) is 2. The Labute approximate surface area is 83.4 Å². The van der Waals surface area contributed by atoms with Gasteiger partial charge in [0.15, 0.2) is 0 Å². The van der Waals surface area contributed by atoms with Crippen LogP contribution in [0.25, 0.3) is 0 Å². The van der Waals surface area contributed by atoms with Crippen LogP contribution in [0.2, 0.25) is 19.6 Å². The summed E-state index contributed by atoms with van der Waals surface area (Å²) in [5.74, 6) is 0. The minimum absolute atomic E-state index is 0.195. The van der Waals surface area contributed by atoms with Crippen LogP contribution < -0.4 is 0 Å². The third-order valence-electron chi connectivity index (χ3n) is 0.875. The second-order valence-electron chi connectivity index (χ2n) is 3.38. The summed E-state index contributed by atoms with van der Waals surface area (Å²) in [6.45, 7) is 7.30. The van der Waals surface area contributed by atoms with Gasteiger partial charge in [-0.05, 0) is 26.6 Å². The Hall–Kier alpha value is -1.24. The molecule has 0 aromatic rings. The molecule has 0 spiro atoms. The Morgan fingerprint density at radius 3 is 2.07 bits per heavy atom. The molecule has 0 aromatic carbocycles. The van der Waals surface area contributed by atoms with Crippen molar-refractivity contribution in [2.45, 2.75) is 26.6 Å². The number of rotatable bonds is 2. The average molecular weight is 218 g/mol. The molecule has 6 nitrogen and oxygen atoms in total. The van der Waals surface area contributed by atoms with E-state index in [1.54, 1.807) is 6.92 Å². The van der Waals surface area contributed by atoms with E-state index in [0.29, 0.717) is 0 Å². The first-order chi connectivity index (χ1) is 6.35. The zero-order valence-electron chi connectivity index (χ0n) is 8.73. The Morgan fingerprint density at radius 2 is 1.64 bits per heavy atom. The van der Waals surface area contributed by atoms with Crippen molar-refractivity contribution in [3.63, 3.8) is 0 Å². The third kappa shape index (κ3) is 7.41. The molecule has 7 heteroatoms. The minimum Gasteiger partial charge on any atom is -0.502 e. The van der Waals surface area contributed by atoms with Gasteiger partial charge in [-0.15, -0.1) is 0 Å². The van der Waals surface area contributed by atoms with Crippen molar-refractivity contribution < 1.29 is 18.8 Å². The highest BCUT2D eigenvalue weighted by molar-refractivity contribution is 6.71. The lowest BCUT2D eigenvalue weighted by Gasteiger charge is -2.13. The lowest BCUT2D eigenvalue weighted by atomic mass is 10.9. The molecule has 0 saturated carbocycles. The molecule has 0 N–H and O–H groups in total. The molecule has 2 amide bonds. The molecular formula is C7H14N2O4Si. The van der Waals surface area contributed by atoms with Gasteiger partial charge in [-0.25, -0.2) is 9.59 Å². The number of carbonyl (C=O) groups excluding carboxylic acids is 2. The summed E-state index contributed by atoms with van der Waals surface area (Å²) in [5, 5.41) is 6.06. The molecule has 0 bridgehead atoms. The molecule has 14 heavy (non-hydrogen) atoms. The largest absolute Gasteiger partial charge is 0.502 e. The molecule has 0 fully saturated rings. The van der Waals surface area contributed by atoms with Gasteiger partial charge < -0.3 is 9.16 Å². The van der Waals surface area contributed by atoms with Crippen LogP contribution in [-0.4, -0.2) is 27.1 Å². The van der Waals surface area contributed by atoms with Crippen LogP contribution in [0.15, 0.2) is 10.2 Å². The second kappa shape index (κ2) is 5.48. The van der Waals surface area contributed by atoms with E-state index in [1.165, 1.54) is 0 Å². The highest BCUT2D eigenvalue weighted by Gasteiger charge is 2.19. The smallest absolute Gasteiger partial charge is 0.452 e. The van der Waals surface area contributed by atoms with E-state index in [1.807, 2.05) is 19.6 Å². The molecule has 0 rings (SSSR count). The standard InChI is InChI=1S/C7H14N2O4Si/c1-5-12-6(10)8-9-7(11)13-14(2,3)4/h5H2,1-4H3. The van der Waals surface area contributed by atoms with Crippen LogP contribution in [0.5, 0.6) is 0 Å². The first-order valence-corrected chi connectivity index (χ1v) is 7.57. The maximum atomic E-state index is 10.9. The predicted molar refractivity (Wildman–Crippen MR) is 51.7 cm³/mol. The number of carbonyl (C=O) groups is 2. The van der Waals surface area contributed by atoms with E-state index < -0.39 is 20.5 Å². The van der Waals surface area contributed by atoms with Gasteiger partial charge in [0.05, 0.1) is 6.61 Å². The zero-order chi connectivity index (χ0) is 11.2. The second-order valence-corrected chi connectivity index (χ2v) is 7.81. The summed E-state index contributed by atoms with van der Waals surface area (Å²) in [6.07, 6.45) is -1.74. The number of amides is 2. The topological polar surface area (TPSA) is 77.3 Å². The maximum absolute atomic E-state index is 10.9. The average Bonchev–Trinajstić information content (AvgIpc) is 1.98. The fourth-order valence-corrected chi connectivity index (χ4v) is 1.08. The van der Waals surface area contributed by atoms with Crippen LogP contribution in [0.1, 0.15) is 6.92 Å². The van der Waals surface area contributed by atoms with Gasteiger partial charge in [-0.2, -0.15) is 0 Å². The minimum atomic E-state index is -1.97. The summed E-state index contributed by atoms with van der Waals surface area (Å²) in [6, 6.07) is 0. The van der Waals surface area contributed by atoms with Gasteiger partial charge in [0, 0.05) is 0 Å². The summed E-state index contributed by atoms with van der Waals surface area (Å²) in [4.78, 5) is 21.5. The van der Waals surface area contributed by atoms with Crippen molar-refractivity contribution in [2.75, 3.05) is 6.61 Å². The summed E-state index contributed by atoms with van der Waals surface area (Å²) < 4.78 is 9.32. The fraction of sp³-hybridized carbons (Fsp3) is 0.714. The molecule has 0 saturated heterocycles. The number of ether oxygens (including phenoxy) is 1. The molecule has 0 aliphatic carbocycles. The number of azo groups is 1. The van der Waals surface area contributed by atoms with Crippen molar-refractivity contribution in [2.24, 2.45) is 10.2 Å². The van der Waals surface area contributed by atoms with Crippen molar-refractivity contribution in [3.05, 3.63) is 0 Å². The molecule has 0 aliphatic rings. The van der Waals surface area contributed by atoms with E-state index in [-0.39, 0.29) is 6.61 Å². The lowest BCUT2D eigenvalue weighted by Crippen LogP contribution is -2.27.